The molecule has 5 nitrogen and oxygen atoms in total. The van der Waals surface area contributed by atoms with Crippen molar-refractivity contribution < 1.29 is 0 Å². The molecule has 286 valence electrons. The fourth-order valence-corrected chi connectivity index (χ4v) is 9.29. The fraction of sp³-hybridized carbons (Fsp3) is 0.0727. The zero-order chi connectivity index (χ0) is 40.4. The Kier molecular flexibility index (Phi) is 8.31. The smallest absolute Gasteiger partial charge is 0.238 e. The number of hydrogen-bond donors (Lipinski definition) is 0. The third kappa shape index (κ3) is 5.73. The number of anilines is 2. The predicted molar refractivity (Wildman–Crippen MR) is 249 cm³/mol. The summed E-state index contributed by atoms with van der Waals surface area (Å²) in [5.41, 5.74) is 15.5. The molecule has 0 saturated carbocycles. The van der Waals surface area contributed by atoms with Gasteiger partial charge in [-0.25, -0.2) is 4.98 Å². The van der Waals surface area contributed by atoms with E-state index in [0.717, 1.165) is 73.1 Å². The molecule has 9 aromatic rings. The van der Waals surface area contributed by atoms with Crippen LogP contribution in [0.1, 0.15) is 30.5 Å². The molecule has 0 amide bonds. The third-order valence-electron chi connectivity index (χ3n) is 12.2. The van der Waals surface area contributed by atoms with Gasteiger partial charge in [-0.15, -0.1) is 0 Å². The van der Waals surface area contributed by atoms with Crippen LogP contribution in [0.3, 0.4) is 0 Å². The lowest BCUT2D eigenvalue weighted by molar-refractivity contribution is 0.661. The first-order valence-corrected chi connectivity index (χ1v) is 20.5. The van der Waals surface area contributed by atoms with Crippen molar-refractivity contribution in [1.29, 1.82) is 0 Å². The van der Waals surface area contributed by atoms with E-state index in [1.165, 1.54) is 22.3 Å². The quantitative estimate of drug-likeness (QED) is 0.175. The molecule has 0 bridgehead atoms. The van der Waals surface area contributed by atoms with Crippen molar-refractivity contribution in [2.75, 3.05) is 11.4 Å². The molecule has 0 unspecified atom stereocenters. The summed E-state index contributed by atoms with van der Waals surface area (Å²) in [5, 5.41) is 2.27. The maximum Gasteiger partial charge on any atom is 0.238 e. The number of hydrogen-bond acceptors (Lipinski definition) is 4. The Morgan fingerprint density at radius 1 is 0.533 bits per heavy atom. The van der Waals surface area contributed by atoms with Crippen LogP contribution in [0.15, 0.2) is 195 Å². The molecule has 0 radical (unpaired) electrons. The minimum atomic E-state index is -0.192. The van der Waals surface area contributed by atoms with E-state index in [9.17, 15) is 0 Å². The van der Waals surface area contributed by atoms with Gasteiger partial charge in [0.15, 0.2) is 11.6 Å². The monoisotopic (exact) mass is 771 g/mol. The second kappa shape index (κ2) is 14.0. The molecule has 1 aliphatic heterocycles. The van der Waals surface area contributed by atoms with E-state index in [2.05, 4.69) is 182 Å². The second-order valence-corrected chi connectivity index (χ2v) is 16.1. The first kappa shape index (κ1) is 35.5. The summed E-state index contributed by atoms with van der Waals surface area (Å²) in [6.07, 6.45) is 8.52. The molecule has 0 spiro atoms. The topological polar surface area (TPSA) is 46.8 Å². The number of nitrogens with zero attached hydrogens (tertiary/aromatic N) is 5. The highest BCUT2D eigenvalue weighted by molar-refractivity contribution is 6.13. The van der Waals surface area contributed by atoms with Crippen molar-refractivity contribution in [1.82, 2.24) is 19.5 Å². The van der Waals surface area contributed by atoms with Gasteiger partial charge < -0.3 is 4.90 Å². The van der Waals surface area contributed by atoms with Gasteiger partial charge in [0.2, 0.25) is 5.95 Å². The van der Waals surface area contributed by atoms with E-state index in [1.807, 2.05) is 36.4 Å². The summed E-state index contributed by atoms with van der Waals surface area (Å²) in [4.78, 5) is 17.9. The number of para-hydroxylation sites is 1. The average Bonchev–Trinajstić information content (AvgIpc) is 3.76. The summed E-state index contributed by atoms with van der Waals surface area (Å²) < 4.78 is 2.25. The largest absolute Gasteiger partial charge is 0.337 e. The lowest BCUT2D eigenvalue weighted by Gasteiger charge is -2.27. The van der Waals surface area contributed by atoms with Crippen LogP contribution in [0.4, 0.5) is 11.4 Å². The van der Waals surface area contributed by atoms with Crippen LogP contribution in [0.25, 0.3) is 78.4 Å². The van der Waals surface area contributed by atoms with Gasteiger partial charge in [0.05, 0.1) is 11.0 Å². The van der Waals surface area contributed by atoms with Gasteiger partial charge in [-0.3, -0.25) is 4.57 Å². The molecule has 2 aromatic heterocycles. The van der Waals surface area contributed by atoms with Gasteiger partial charge in [0, 0.05) is 50.8 Å². The molecule has 0 N–H and O–H groups in total. The Hall–Kier alpha value is -7.63. The van der Waals surface area contributed by atoms with Crippen molar-refractivity contribution in [3.05, 3.63) is 211 Å². The fourth-order valence-electron chi connectivity index (χ4n) is 9.29. The molecule has 3 heterocycles. The molecule has 0 saturated heterocycles. The summed E-state index contributed by atoms with van der Waals surface area (Å²) in [6.45, 7) is 10.0. The highest BCUT2D eigenvalue weighted by Crippen LogP contribution is 2.51. The van der Waals surface area contributed by atoms with Crippen molar-refractivity contribution in [3.63, 3.8) is 0 Å². The first-order valence-electron chi connectivity index (χ1n) is 20.5. The standard InChI is InChI=1S/C55H41N5/c1-36-19-8-7-17-32-59(40-24-13-6-14-25-40)49-29-18-27-41(51(36)49)39-30-31-48-44(33-39)45-34-43-42-26-15-16-28-46(42)55(2,3)47(43)35-50(45)60(48)54-57-52(37-20-9-4-10-21-37)56-53(58-54)38-22-11-5-12-23-38/h4-31,33-35H,1,32H2,2-3H3/b17-7-,19-8-. The van der Waals surface area contributed by atoms with Crippen LogP contribution >= 0.6 is 0 Å². The van der Waals surface area contributed by atoms with Crippen LogP contribution in [-0.4, -0.2) is 26.1 Å². The van der Waals surface area contributed by atoms with Gasteiger partial charge in [0.25, 0.3) is 0 Å². The highest BCUT2D eigenvalue weighted by atomic mass is 15.2. The number of aromatic nitrogens is 4. The first-order chi connectivity index (χ1) is 29.4. The van der Waals surface area contributed by atoms with Crippen LogP contribution in [0.2, 0.25) is 0 Å². The number of rotatable bonds is 5. The molecule has 7 aromatic carbocycles. The Morgan fingerprint density at radius 3 is 1.92 bits per heavy atom. The van der Waals surface area contributed by atoms with Gasteiger partial charge in [-0.1, -0.05) is 166 Å². The number of fused-ring (bicyclic) bond motifs is 7. The number of allylic oxidation sites excluding steroid dienone is 4. The lowest BCUT2D eigenvalue weighted by atomic mass is 9.82. The molecule has 2 aliphatic rings. The Balaban J connectivity index is 1.20. The van der Waals surface area contributed by atoms with Crippen LogP contribution in [0.5, 0.6) is 0 Å². The second-order valence-electron chi connectivity index (χ2n) is 16.1. The summed E-state index contributed by atoms with van der Waals surface area (Å²) in [5.74, 6) is 1.83. The molecule has 11 rings (SSSR count). The maximum absolute atomic E-state index is 5.26. The summed E-state index contributed by atoms with van der Waals surface area (Å²) >= 11 is 0. The van der Waals surface area contributed by atoms with Crippen molar-refractivity contribution >= 4 is 38.8 Å². The third-order valence-corrected chi connectivity index (χ3v) is 12.2. The van der Waals surface area contributed by atoms with Gasteiger partial charge in [-0.05, 0) is 81.4 Å². The highest BCUT2D eigenvalue weighted by Gasteiger charge is 2.36. The Labute approximate surface area is 350 Å². The zero-order valence-corrected chi connectivity index (χ0v) is 33.5. The molecule has 60 heavy (non-hydrogen) atoms. The Bertz CT molecular complexity index is 3150. The molecule has 5 heteroatoms. The minimum absolute atomic E-state index is 0.192. The zero-order valence-electron chi connectivity index (χ0n) is 33.5. The molecule has 0 fully saturated rings. The molecular formula is C55H41N5. The van der Waals surface area contributed by atoms with Gasteiger partial charge >= 0.3 is 0 Å². The summed E-state index contributed by atoms with van der Waals surface area (Å²) in [6, 6.07) is 58.1. The minimum Gasteiger partial charge on any atom is -0.337 e. The molecule has 0 atom stereocenters. The van der Waals surface area contributed by atoms with E-state index >= 15 is 0 Å². The van der Waals surface area contributed by atoms with Crippen molar-refractivity contribution in [2.45, 2.75) is 19.3 Å². The van der Waals surface area contributed by atoms with Crippen molar-refractivity contribution in [3.8, 4) is 51.0 Å². The normalized spacial score (nSPS) is 15.2. The summed E-state index contributed by atoms with van der Waals surface area (Å²) in [7, 11) is 0. The van der Waals surface area contributed by atoms with Gasteiger partial charge in [-0.2, -0.15) is 9.97 Å². The van der Waals surface area contributed by atoms with E-state index < -0.39 is 0 Å². The average molecular weight is 772 g/mol. The maximum atomic E-state index is 5.26. The molecule has 1 aliphatic carbocycles. The van der Waals surface area contributed by atoms with E-state index in [-0.39, 0.29) is 5.41 Å². The van der Waals surface area contributed by atoms with E-state index in [1.54, 1.807) is 0 Å². The Morgan fingerprint density at radius 2 is 1.18 bits per heavy atom. The molecular weight excluding hydrogens is 731 g/mol. The lowest BCUT2D eigenvalue weighted by Crippen LogP contribution is -2.18. The SMILES string of the molecule is C=C1/C=C\C=C/CN(c2ccccc2)c2cccc(-c3ccc4c(c3)c3cc5c(cc3n4-c3nc(-c4ccccc4)nc(-c4ccccc4)n3)C(C)(C)c3ccccc3-5)c21. The number of benzene rings is 7. The van der Waals surface area contributed by atoms with Crippen LogP contribution in [-0.2, 0) is 5.41 Å². The van der Waals surface area contributed by atoms with E-state index in [0.29, 0.717) is 17.6 Å². The van der Waals surface area contributed by atoms with E-state index in [4.69, 9.17) is 15.0 Å². The van der Waals surface area contributed by atoms with Gasteiger partial charge in [0.1, 0.15) is 0 Å². The van der Waals surface area contributed by atoms with Crippen LogP contribution < -0.4 is 4.90 Å². The van der Waals surface area contributed by atoms with Crippen LogP contribution in [0, 0.1) is 0 Å². The van der Waals surface area contributed by atoms with Crippen molar-refractivity contribution in [2.24, 2.45) is 0 Å². The predicted octanol–water partition coefficient (Wildman–Crippen LogP) is 13.6.